The first-order valence-electron chi connectivity index (χ1n) is 6.32. The van der Waals surface area contributed by atoms with E-state index in [1.54, 1.807) is 12.1 Å². The van der Waals surface area contributed by atoms with E-state index in [-0.39, 0.29) is 0 Å². The summed E-state index contributed by atoms with van der Waals surface area (Å²) in [6.07, 6.45) is 0. The zero-order chi connectivity index (χ0) is 15.5. The molecule has 3 rings (SSSR count). The lowest BCUT2D eigenvalue weighted by molar-refractivity contribution is -0.120. The van der Waals surface area contributed by atoms with Crippen LogP contribution in [0.3, 0.4) is 0 Å². The van der Waals surface area contributed by atoms with Crippen LogP contribution in [0.1, 0.15) is 0 Å². The first kappa shape index (κ1) is 14.7. The molecule has 4 nitrogen and oxygen atoms in total. The Morgan fingerprint density at radius 2 is 1.91 bits per heavy atom. The van der Waals surface area contributed by atoms with Gasteiger partial charge in [-0.1, -0.05) is 41.1 Å². The molecule has 1 aliphatic heterocycles. The first-order chi connectivity index (χ1) is 10.7. The van der Waals surface area contributed by atoms with Gasteiger partial charge in [0.15, 0.2) is 0 Å². The van der Waals surface area contributed by atoms with Crippen molar-refractivity contribution in [3.8, 4) is 28.2 Å². The smallest absolute Gasteiger partial charge is 0.344 e. The molecule has 0 radical (unpaired) electrons. The quantitative estimate of drug-likeness (QED) is 0.447. The molecule has 22 heavy (non-hydrogen) atoms. The largest absolute Gasteiger partial charge is 0.427 e. The first-order valence-corrected chi connectivity index (χ1v) is 8.19. The minimum atomic E-state index is -0.426. The van der Waals surface area contributed by atoms with Crippen molar-refractivity contribution in [1.82, 2.24) is 0 Å². The normalized spacial score (nSPS) is 10.6. The number of thiol groups is 1. The van der Waals surface area contributed by atoms with Crippen molar-refractivity contribution in [3.63, 3.8) is 0 Å². The van der Waals surface area contributed by atoms with Crippen molar-refractivity contribution in [2.75, 3.05) is 0 Å². The standard InChI is InChI=1S/C16H10O4S2/c17-9-19-13-8-12-11(6-7-14(13)22-21)15(16(18)20-12)10-4-2-1-3-5-10/h1-9,21H. The molecule has 6 heteroatoms. The molecule has 0 amide bonds. The zero-order valence-electron chi connectivity index (χ0n) is 11.2. The highest BCUT2D eigenvalue weighted by Crippen LogP contribution is 2.38. The van der Waals surface area contributed by atoms with Gasteiger partial charge in [0.05, 0.1) is 10.5 Å². The van der Waals surface area contributed by atoms with E-state index in [2.05, 4.69) is 11.7 Å². The average Bonchev–Trinajstić information content (AvgIpc) is 2.74. The summed E-state index contributed by atoms with van der Waals surface area (Å²) in [6, 6.07) is 14.3. The maximum absolute atomic E-state index is 12.2. The second-order valence-corrected chi connectivity index (χ2v) is 5.59. The molecular weight excluding hydrogens is 320 g/mol. The number of hydrogen-bond donors (Lipinski definition) is 1. The third-order valence-electron chi connectivity index (χ3n) is 3.18. The molecule has 110 valence electrons. The number of rotatable bonds is 4. The van der Waals surface area contributed by atoms with Crippen LogP contribution in [-0.2, 0) is 4.79 Å². The fourth-order valence-corrected chi connectivity index (χ4v) is 3.02. The van der Waals surface area contributed by atoms with E-state index in [1.807, 2.05) is 30.3 Å². The van der Waals surface area contributed by atoms with Gasteiger partial charge < -0.3 is 9.15 Å². The van der Waals surface area contributed by atoms with Gasteiger partial charge in [0.25, 0.3) is 6.47 Å². The van der Waals surface area contributed by atoms with E-state index in [4.69, 9.17) is 9.15 Å². The third-order valence-corrected chi connectivity index (χ3v) is 4.31. The van der Waals surface area contributed by atoms with Gasteiger partial charge in [0, 0.05) is 11.6 Å². The summed E-state index contributed by atoms with van der Waals surface area (Å²) >= 11 is 4.14. The molecule has 0 spiro atoms. The summed E-state index contributed by atoms with van der Waals surface area (Å²) in [5.74, 6) is 0.646. The Bertz CT molecular complexity index is 843. The van der Waals surface area contributed by atoms with E-state index in [9.17, 15) is 9.59 Å². The van der Waals surface area contributed by atoms with Crippen LogP contribution in [0.5, 0.6) is 5.75 Å². The van der Waals surface area contributed by atoms with Crippen molar-refractivity contribution in [3.05, 3.63) is 59.0 Å². The van der Waals surface area contributed by atoms with E-state index < -0.39 is 5.63 Å². The number of carbonyl (C=O) groups excluding carboxylic acids is 1. The maximum atomic E-state index is 12.2. The number of ether oxygens (including phenoxy) is 1. The van der Waals surface area contributed by atoms with Gasteiger partial charge in [-0.25, -0.2) is 4.79 Å². The number of benzene rings is 1. The molecule has 0 aromatic heterocycles. The molecule has 0 unspecified atom stereocenters. The Morgan fingerprint density at radius 3 is 2.59 bits per heavy atom. The topological polar surface area (TPSA) is 56.5 Å². The summed E-state index contributed by atoms with van der Waals surface area (Å²) in [4.78, 5) is 23.4. The van der Waals surface area contributed by atoms with E-state index in [0.29, 0.717) is 34.0 Å². The number of furan rings is 1. The number of carbonyl (C=O) groups is 1. The second-order valence-electron chi connectivity index (χ2n) is 4.42. The molecule has 1 heterocycles. The van der Waals surface area contributed by atoms with Gasteiger partial charge in [-0.05, 0) is 17.7 Å². The Kier molecular flexibility index (Phi) is 4.22. The van der Waals surface area contributed by atoms with Gasteiger partial charge in [-0.2, -0.15) is 0 Å². The van der Waals surface area contributed by atoms with Gasteiger partial charge >= 0.3 is 5.63 Å². The minimum absolute atomic E-state index is 0.290. The van der Waals surface area contributed by atoms with Gasteiger partial charge in [-0.15, -0.1) is 11.7 Å². The molecule has 2 aliphatic rings. The van der Waals surface area contributed by atoms with E-state index >= 15 is 0 Å². The highest BCUT2D eigenvalue weighted by atomic mass is 33.1. The van der Waals surface area contributed by atoms with E-state index in [1.165, 1.54) is 6.07 Å². The van der Waals surface area contributed by atoms with Gasteiger partial charge in [-0.3, -0.25) is 4.79 Å². The molecule has 0 fully saturated rings. The Balaban J connectivity index is 2.26. The van der Waals surface area contributed by atoms with Crippen LogP contribution in [0, 0.1) is 0 Å². The van der Waals surface area contributed by atoms with Crippen LogP contribution in [0.25, 0.3) is 22.5 Å². The summed E-state index contributed by atoms with van der Waals surface area (Å²) in [5.41, 5.74) is 1.49. The summed E-state index contributed by atoms with van der Waals surface area (Å²) < 4.78 is 10.3. The molecule has 0 saturated heterocycles. The molecule has 0 atom stereocenters. The summed E-state index contributed by atoms with van der Waals surface area (Å²) in [5, 5.41) is 0. The van der Waals surface area contributed by atoms with E-state index in [0.717, 1.165) is 16.4 Å². The predicted molar refractivity (Wildman–Crippen MR) is 88.6 cm³/mol. The van der Waals surface area contributed by atoms with Crippen LogP contribution in [0.2, 0.25) is 0 Å². The summed E-state index contributed by atoms with van der Waals surface area (Å²) in [6.45, 7) is 0.327. The highest BCUT2D eigenvalue weighted by Gasteiger charge is 2.20. The molecule has 0 saturated carbocycles. The average molecular weight is 330 g/mol. The van der Waals surface area contributed by atoms with Crippen LogP contribution in [0.4, 0.5) is 0 Å². The Morgan fingerprint density at radius 1 is 1.14 bits per heavy atom. The predicted octanol–water partition coefficient (Wildman–Crippen LogP) is 3.88. The SMILES string of the molecule is O=COc1cc2oc(=O)c(-c3ccccc3)c-2ccc1SS. The van der Waals surface area contributed by atoms with Crippen molar-refractivity contribution in [1.29, 1.82) is 0 Å². The second kappa shape index (κ2) is 6.29. The molecule has 0 bridgehead atoms. The molecule has 1 aromatic rings. The lowest BCUT2D eigenvalue weighted by Gasteiger charge is -1.98. The lowest BCUT2D eigenvalue weighted by atomic mass is 10.0. The highest BCUT2D eigenvalue weighted by molar-refractivity contribution is 8.68. The fraction of sp³-hybridized carbons (Fsp3) is 0. The number of hydrogen-bond acceptors (Lipinski definition) is 6. The van der Waals surface area contributed by atoms with Crippen LogP contribution in [-0.4, -0.2) is 6.47 Å². The van der Waals surface area contributed by atoms with Crippen molar-refractivity contribution in [2.24, 2.45) is 0 Å². The van der Waals surface area contributed by atoms with Gasteiger partial charge in [0.2, 0.25) is 0 Å². The van der Waals surface area contributed by atoms with Crippen molar-refractivity contribution in [2.45, 2.75) is 4.90 Å². The third kappa shape index (κ3) is 2.63. The van der Waals surface area contributed by atoms with Crippen molar-refractivity contribution < 1.29 is 13.9 Å². The number of fused-ring (bicyclic) bond motifs is 1. The van der Waals surface area contributed by atoms with Crippen molar-refractivity contribution >= 4 is 28.9 Å². The monoisotopic (exact) mass is 330 g/mol. The maximum Gasteiger partial charge on any atom is 0.344 e. The Labute approximate surface area is 135 Å². The van der Waals surface area contributed by atoms with Crippen LogP contribution in [0.15, 0.2) is 62.6 Å². The molecule has 1 aromatic carbocycles. The fourth-order valence-electron chi connectivity index (χ4n) is 2.24. The van der Waals surface area contributed by atoms with Crippen LogP contribution >= 0.6 is 22.5 Å². The van der Waals surface area contributed by atoms with Gasteiger partial charge in [0.1, 0.15) is 11.5 Å². The summed E-state index contributed by atoms with van der Waals surface area (Å²) in [7, 11) is 1.14. The molecule has 1 aliphatic carbocycles. The van der Waals surface area contributed by atoms with Crippen LogP contribution < -0.4 is 10.4 Å². The molecular formula is C16H10O4S2. The Hall–Kier alpha value is -2.18. The minimum Gasteiger partial charge on any atom is -0.427 e. The molecule has 0 N–H and O–H groups in total. The lowest BCUT2D eigenvalue weighted by Crippen LogP contribution is -1.95. The zero-order valence-corrected chi connectivity index (χ0v) is 12.9.